The van der Waals surface area contributed by atoms with Gasteiger partial charge in [-0.1, -0.05) is 0 Å². The number of aromatic nitrogens is 2. The fourth-order valence-electron chi connectivity index (χ4n) is 2.33. The van der Waals surface area contributed by atoms with Gasteiger partial charge in [0, 0.05) is 32.2 Å². The Morgan fingerprint density at radius 1 is 1.35 bits per heavy atom. The van der Waals surface area contributed by atoms with Crippen LogP contribution in [0.2, 0.25) is 0 Å². The molecule has 0 saturated carbocycles. The summed E-state index contributed by atoms with van der Waals surface area (Å²) in [5, 5.41) is 2.98. The van der Waals surface area contributed by atoms with Crippen LogP contribution in [0.25, 0.3) is 11.0 Å². The maximum Gasteiger partial charge on any atom is 0.316 e. The molecule has 126 valence electrons. The molecule has 0 radical (unpaired) electrons. The lowest BCUT2D eigenvalue weighted by Gasteiger charge is -2.17. The van der Waals surface area contributed by atoms with E-state index >= 15 is 0 Å². The highest BCUT2D eigenvalue weighted by molar-refractivity contribution is 5.97. The predicted molar refractivity (Wildman–Crippen MR) is 92.6 cm³/mol. The molecule has 0 aliphatic carbocycles. The number of nitrogens with one attached hydrogen (secondary N) is 2. The number of likely N-dealkylation sites (N-methyl/N-ethyl adjacent to an activating group) is 2. The third kappa shape index (κ3) is 3.80. The molecule has 7 nitrogen and oxygen atoms in total. The lowest BCUT2D eigenvalue weighted by atomic mass is 10.1. The van der Waals surface area contributed by atoms with Crippen LogP contribution in [0.3, 0.4) is 0 Å². The zero-order chi connectivity index (χ0) is 16.3. The second-order valence-corrected chi connectivity index (χ2v) is 5.07. The number of benzene rings is 1. The lowest BCUT2D eigenvalue weighted by Crippen LogP contribution is -2.36. The maximum absolute atomic E-state index is 12.3. The summed E-state index contributed by atoms with van der Waals surface area (Å²) in [6.07, 6.45) is 0. The Balaban J connectivity index is 0.00000264. The Morgan fingerprint density at radius 3 is 2.65 bits per heavy atom. The number of rotatable bonds is 5. The zero-order valence-electron chi connectivity index (χ0n) is 13.4. The monoisotopic (exact) mass is 340 g/mol. The van der Waals surface area contributed by atoms with Crippen molar-refractivity contribution in [2.75, 3.05) is 27.2 Å². The van der Waals surface area contributed by atoms with Crippen LogP contribution >= 0.6 is 12.4 Å². The van der Waals surface area contributed by atoms with Crippen molar-refractivity contribution in [2.45, 2.75) is 13.5 Å². The molecule has 0 aliphatic rings. The van der Waals surface area contributed by atoms with Crippen LogP contribution in [0.5, 0.6) is 0 Å². The predicted octanol–water partition coefficient (Wildman–Crippen LogP) is 0.423. The number of nitrogens with zero attached hydrogens (tertiary/aromatic N) is 2. The van der Waals surface area contributed by atoms with Crippen molar-refractivity contribution >= 4 is 29.3 Å². The van der Waals surface area contributed by atoms with Gasteiger partial charge in [-0.05, 0) is 32.2 Å². The van der Waals surface area contributed by atoms with E-state index in [0.717, 1.165) is 0 Å². The van der Waals surface area contributed by atoms with E-state index in [1.807, 2.05) is 7.05 Å². The second-order valence-electron chi connectivity index (χ2n) is 5.07. The van der Waals surface area contributed by atoms with E-state index in [1.54, 1.807) is 37.1 Å². The van der Waals surface area contributed by atoms with E-state index in [9.17, 15) is 14.4 Å². The van der Waals surface area contributed by atoms with E-state index in [1.165, 1.54) is 4.57 Å². The molecule has 8 heteroatoms. The number of aromatic amines is 1. The summed E-state index contributed by atoms with van der Waals surface area (Å²) in [4.78, 5) is 40.0. The first-order valence-electron chi connectivity index (χ1n) is 7.16. The molecule has 1 aromatic heterocycles. The molecule has 1 heterocycles. The van der Waals surface area contributed by atoms with Gasteiger partial charge in [-0.25, -0.2) is 0 Å². The standard InChI is InChI=1S/C15H20N4O3.ClH/c1-4-19-12-6-5-10(14(21)18(3)8-7-16-2)9-11(12)17-13(20)15(19)22;/h5-6,9,16H,4,7-8H2,1-3H3,(H,17,20);1H. The van der Waals surface area contributed by atoms with Crippen LogP contribution < -0.4 is 16.4 Å². The molecule has 2 rings (SSSR count). The first-order valence-corrected chi connectivity index (χ1v) is 7.16. The quantitative estimate of drug-likeness (QED) is 0.772. The van der Waals surface area contributed by atoms with E-state index < -0.39 is 11.1 Å². The van der Waals surface area contributed by atoms with E-state index in [0.29, 0.717) is 36.2 Å². The van der Waals surface area contributed by atoms with Gasteiger partial charge in [-0.3, -0.25) is 14.4 Å². The van der Waals surface area contributed by atoms with Crippen molar-refractivity contribution in [3.05, 3.63) is 44.5 Å². The fraction of sp³-hybridized carbons (Fsp3) is 0.400. The largest absolute Gasteiger partial charge is 0.340 e. The van der Waals surface area contributed by atoms with Crippen molar-refractivity contribution < 1.29 is 4.79 Å². The number of fused-ring (bicyclic) bond motifs is 1. The van der Waals surface area contributed by atoms with Gasteiger partial charge in [0.1, 0.15) is 0 Å². The Morgan fingerprint density at radius 2 is 2.04 bits per heavy atom. The Hall–Kier alpha value is -2.12. The summed E-state index contributed by atoms with van der Waals surface area (Å²) in [5.74, 6) is -0.132. The van der Waals surface area contributed by atoms with Crippen LogP contribution in [0.1, 0.15) is 17.3 Å². The fourth-order valence-corrected chi connectivity index (χ4v) is 2.33. The first kappa shape index (κ1) is 18.9. The molecule has 0 atom stereocenters. The van der Waals surface area contributed by atoms with E-state index in [2.05, 4.69) is 10.3 Å². The number of carbonyl (C=O) groups excluding carboxylic acids is 1. The van der Waals surface area contributed by atoms with Crippen molar-refractivity contribution in [3.8, 4) is 0 Å². The van der Waals surface area contributed by atoms with Gasteiger partial charge in [-0.2, -0.15) is 0 Å². The van der Waals surface area contributed by atoms with Gasteiger partial charge in [0.25, 0.3) is 5.91 Å². The summed E-state index contributed by atoms with van der Waals surface area (Å²) < 4.78 is 1.40. The number of aryl methyl sites for hydroxylation is 1. The Kier molecular flexibility index (Phi) is 6.53. The summed E-state index contributed by atoms with van der Waals surface area (Å²) in [7, 11) is 3.54. The van der Waals surface area contributed by atoms with Crippen molar-refractivity contribution in [1.82, 2.24) is 19.8 Å². The highest BCUT2D eigenvalue weighted by Crippen LogP contribution is 2.13. The smallest absolute Gasteiger partial charge is 0.316 e. The molecular formula is C15H21ClN4O3. The molecule has 0 unspecified atom stereocenters. The molecule has 2 aromatic rings. The molecule has 1 aromatic carbocycles. The minimum atomic E-state index is -0.678. The van der Waals surface area contributed by atoms with Crippen molar-refractivity contribution in [1.29, 1.82) is 0 Å². The van der Waals surface area contributed by atoms with Gasteiger partial charge in [0.05, 0.1) is 11.0 Å². The minimum absolute atomic E-state index is 0. The average molecular weight is 341 g/mol. The molecule has 23 heavy (non-hydrogen) atoms. The number of H-pyrrole nitrogens is 1. The van der Waals surface area contributed by atoms with E-state index in [4.69, 9.17) is 0 Å². The molecule has 0 fully saturated rings. The van der Waals surface area contributed by atoms with E-state index in [-0.39, 0.29) is 18.3 Å². The summed E-state index contributed by atoms with van der Waals surface area (Å²) in [6.45, 7) is 3.47. The topological polar surface area (TPSA) is 87.2 Å². The molecule has 0 aliphatic heterocycles. The van der Waals surface area contributed by atoms with Crippen LogP contribution in [0.15, 0.2) is 27.8 Å². The second kappa shape index (κ2) is 7.94. The summed E-state index contributed by atoms with van der Waals surface area (Å²) in [5.41, 5.74) is 0.312. The Bertz CT molecular complexity index is 812. The molecule has 0 bridgehead atoms. The SMILES string of the molecule is CCn1c(=O)c(=O)[nH]c2cc(C(=O)N(C)CCNC)ccc21.Cl. The third-order valence-corrected chi connectivity index (χ3v) is 3.58. The van der Waals surface area contributed by atoms with Crippen LogP contribution in [0, 0.1) is 0 Å². The molecular weight excluding hydrogens is 320 g/mol. The third-order valence-electron chi connectivity index (χ3n) is 3.58. The van der Waals surface area contributed by atoms with Gasteiger partial charge < -0.3 is 19.8 Å². The van der Waals surface area contributed by atoms with Gasteiger partial charge in [0.2, 0.25) is 0 Å². The number of carbonyl (C=O) groups is 1. The minimum Gasteiger partial charge on any atom is -0.340 e. The first-order chi connectivity index (χ1) is 10.5. The molecule has 1 amide bonds. The van der Waals surface area contributed by atoms with Gasteiger partial charge in [-0.15, -0.1) is 12.4 Å². The normalized spacial score (nSPS) is 10.4. The number of amides is 1. The summed E-state index contributed by atoms with van der Waals surface area (Å²) in [6, 6.07) is 4.97. The molecule has 0 spiro atoms. The maximum atomic E-state index is 12.3. The van der Waals surface area contributed by atoms with Crippen LogP contribution in [-0.2, 0) is 6.54 Å². The average Bonchev–Trinajstić information content (AvgIpc) is 2.52. The molecule has 0 saturated heterocycles. The summed E-state index contributed by atoms with van der Waals surface area (Å²) >= 11 is 0. The van der Waals surface area contributed by atoms with Gasteiger partial charge in [0.15, 0.2) is 0 Å². The Labute approximate surface area is 139 Å². The lowest BCUT2D eigenvalue weighted by molar-refractivity contribution is 0.0797. The number of halogens is 1. The van der Waals surface area contributed by atoms with Crippen LogP contribution in [0.4, 0.5) is 0 Å². The molecule has 2 N–H and O–H groups in total. The highest BCUT2D eigenvalue weighted by atomic mass is 35.5. The zero-order valence-corrected chi connectivity index (χ0v) is 14.2. The van der Waals surface area contributed by atoms with Gasteiger partial charge >= 0.3 is 11.1 Å². The van der Waals surface area contributed by atoms with Crippen molar-refractivity contribution in [2.24, 2.45) is 0 Å². The number of hydrogen-bond acceptors (Lipinski definition) is 4. The number of hydrogen-bond donors (Lipinski definition) is 2. The van der Waals surface area contributed by atoms with Crippen molar-refractivity contribution in [3.63, 3.8) is 0 Å². The highest BCUT2D eigenvalue weighted by Gasteiger charge is 2.13. The van der Waals surface area contributed by atoms with Crippen LogP contribution in [-0.4, -0.2) is 47.5 Å².